The SMILES string of the molecule is C[C@H]1C(=O)OC(C[C@@H](C=O)O[Si](C)(C)C(C)(C)C)[C@H](C)[C@@H]1O[Si](C)(C)C(C)(C)C. The van der Waals surface area contributed by atoms with E-state index in [4.69, 9.17) is 13.6 Å². The second-order valence-electron chi connectivity index (χ2n) is 11.8. The van der Waals surface area contributed by atoms with Gasteiger partial charge < -0.3 is 18.4 Å². The summed E-state index contributed by atoms with van der Waals surface area (Å²) in [6.07, 6.45) is 0.0873. The van der Waals surface area contributed by atoms with E-state index in [-0.39, 0.29) is 40.1 Å². The minimum absolute atomic E-state index is 0.00212. The number of carbonyl (C=O) groups excluding carboxylic acids is 2. The number of esters is 1. The molecule has 7 heteroatoms. The first kappa shape index (κ1) is 26.5. The monoisotopic (exact) mass is 444 g/mol. The molecule has 0 N–H and O–H groups in total. The van der Waals surface area contributed by atoms with E-state index in [0.29, 0.717) is 6.42 Å². The predicted octanol–water partition coefficient (Wildman–Crippen LogP) is 5.55. The third kappa shape index (κ3) is 6.24. The Morgan fingerprint density at radius 2 is 1.48 bits per heavy atom. The number of aldehydes is 1. The number of hydrogen-bond acceptors (Lipinski definition) is 5. The van der Waals surface area contributed by atoms with Crippen molar-refractivity contribution in [3.63, 3.8) is 0 Å². The van der Waals surface area contributed by atoms with Crippen LogP contribution < -0.4 is 0 Å². The van der Waals surface area contributed by atoms with E-state index in [1.807, 2.05) is 6.92 Å². The molecule has 0 aromatic rings. The highest BCUT2D eigenvalue weighted by Crippen LogP contribution is 2.42. The van der Waals surface area contributed by atoms with Crippen molar-refractivity contribution in [1.82, 2.24) is 0 Å². The van der Waals surface area contributed by atoms with Crippen LogP contribution in [0.3, 0.4) is 0 Å². The molecular formula is C22H44O5Si2. The zero-order chi connectivity index (χ0) is 23.0. The Hall–Kier alpha value is -0.506. The van der Waals surface area contributed by atoms with Crippen molar-refractivity contribution in [2.75, 3.05) is 0 Å². The predicted molar refractivity (Wildman–Crippen MR) is 123 cm³/mol. The molecule has 0 radical (unpaired) electrons. The highest BCUT2D eigenvalue weighted by Gasteiger charge is 2.48. The van der Waals surface area contributed by atoms with Crippen LogP contribution >= 0.6 is 0 Å². The molecule has 29 heavy (non-hydrogen) atoms. The van der Waals surface area contributed by atoms with Gasteiger partial charge in [0.1, 0.15) is 18.5 Å². The minimum atomic E-state index is -2.10. The fourth-order valence-corrected chi connectivity index (χ4v) is 5.78. The van der Waals surface area contributed by atoms with Gasteiger partial charge in [-0.3, -0.25) is 4.79 Å². The second kappa shape index (κ2) is 8.93. The number of carbonyl (C=O) groups is 2. The van der Waals surface area contributed by atoms with Gasteiger partial charge in [-0.25, -0.2) is 0 Å². The fourth-order valence-electron chi connectivity index (χ4n) is 3.07. The van der Waals surface area contributed by atoms with Gasteiger partial charge in [0.2, 0.25) is 0 Å². The van der Waals surface area contributed by atoms with E-state index >= 15 is 0 Å². The third-order valence-corrected chi connectivity index (χ3v) is 16.3. The van der Waals surface area contributed by atoms with Crippen molar-refractivity contribution in [3.8, 4) is 0 Å². The molecule has 5 atom stereocenters. The van der Waals surface area contributed by atoms with Crippen LogP contribution in [0.25, 0.3) is 0 Å². The van der Waals surface area contributed by atoms with E-state index in [0.717, 1.165) is 6.29 Å². The Labute approximate surface area is 180 Å². The first-order chi connectivity index (χ1) is 12.8. The van der Waals surface area contributed by atoms with E-state index < -0.39 is 22.7 Å². The molecule has 1 rings (SSSR count). The Bertz CT molecular complexity index is 589. The maximum atomic E-state index is 12.6. The van der Waals surface area contributed by atoms with Gasteiger partial charge in [-0.05, 0) is 43.2 Å². The van der Waals surface area contributed by atoms with Crippen LogP contribution in [0.15, 0.2) is 0 Å². The van der Waals surface area contributed by atoms with Gasteiger partial charge in [0.25, 0.3) is 0 Å². The zero-order valence-corrected chi connectivity index (χ0v) is 22.7. The Morgan fingerprint density at radius 3 is 1.90 bits per heavy atom. The van der Waals surface area contributed by atoms with Crippen molar-refractivity contribution in [3.05, 3.63) is 0 Å². The van der Waals surface area contributed by atoms with Crippen LogP contribution in [0.5, 0.6) is 0 Å². The molecule has 0 aromatic carbocycles. The summed E-state index contributed by atoms with van der Waals surface area (Å²) >= 11 is 0. The lowest BCUT2D eigenvalue weighted by Crippen LogP contribution is -2.55. The van der Waals surface area contributed by atoms with E-state index in [1.165, 1.54) is 0 Å². The molecule has 1 heterocycles. The molecule has 0 spiro atoms. The van der Waals surface area contributed by atoms with Crippen molar-refractivity contribution >= 4 is 28.9 Å². The van der Waals surface area contributed by atoms with Crippen molar-refractivity contribution in [2.24, 2.45) is 11.8 Å². The number of cyclic esters (lactones) is 1. The van der Waals surface area contributed by atoms with Gasteiger partial charge in [-0.15, -0.1) is 0 Å². The van der Waals surface area contributed by atoms with Gasteiger partial charge >= 0.3 is 5.97 Å². The summed E-state index contributed by atoms with van der Waals surface area (Å²) in [5.74, 6) is -0.553. The van der Waals surface area contributed by atoms with Crippen molar-refractivity contribution in [1.29, 1.82) is 0 Å². The Kier molecular flexibility index (Phi) is 8.17. The van der Waals surface area contributed by atoms with Gasteiger partial charge in [0.15, 0.2) is 16.6 Å². The van der Waals surface area contributed by atoms with Crippen LogP contribution in [0.1, 0.15) is 61.8 Å². The van der Waals surface area contributed by atoms with Gasteiger partial charge in [0, 0.05) is 12.3 Å². The lowest BCUT2D eigenvalue weighted by molar-refractivity contribution is -0.178. The second-order valence-corrected chi connectivity index (χ2v) is 21.3. The van der Waals surface area contributed by atoms with E-state index in [1.54, 1.807) is 0 Å². The first-order valence-electron chi connectivity index (χ1n) is 10.9. The number of rotatable bonds is 7. The summed E-state index contributed by atoms with van der Waals surface area (Å²) in [6.45, 7) is 25.7. The lowest BCUT2D eigenvalue weighted by Gasteiger charge is -2.46. The molecule has 170 valence electrons. The summed E-state index contributed by atoms with van der Waals surface area (Å²) in [4.78, 5) is 24.4. The number of ether oxygens (including phenoxy) is 1. The van der Waals surface area contributed by atoms with Crippen LogP contribution in [0.4, 0.5) is 0 Å². The largest absolute Gasteiger partial charge is 0.462 e. The minimum Gasteiger partial charge on any atom is -0.462 e. The van der Waals surface area contributed by atoms with Crippen molar-refractivity contribution in [2.45, 2.75) is 116 Å². The molecule has 1 aliphatic rings. The average Bonchev–Trinajstić information content (AvgIpc) is 2.53. The highest BCUT2D eigenvalue weighted by molar-refractivity contribution is 6.74. The highest BCUT2D eigenvalue weighted by atomic mass is 28.4. The quantitative estimate of drug-likeness (QED) is 0.292. The normalized spacial score (nSPS) is 28.1. The average molecular weight is 445 g/mol. The first-order valence-corrected chi connectivity index (χ1v) is 16.7. The van der Waals surface area contributed by atoms with Crippen LogP contribution in [0.2, 0.25) is 36.3 Å². The molecule has 1 aliphatic heterocycles. The maximum Gasteiger partial charge on any atom is 0.311 e. The summed E-state index contributed by atoms with van der Waals surface area (Å²) < 4.78 is 18.7. The zero-order valence-electron chi connectivity index (χ0n) is 20.7. The lowest BCUT2D eigenvalue weighted by atomic mass is 9.84. The standard InChI is InChI=1S/C22H44O5Si2/c1-15-18(13-17(14-23)26-28(9,10)21(3,4)5)25-20(24)16(2)19(15)27-29(11,12)22(6,7)8/h14-19H,13H2,1-12H3/t15-,16+,17-,18?,19-/m0/s1. The molecule has 1 fully saturated rings. The van der Waals surface area contributed by atoms with Gasteiger partial charge in [-0.1, -0.05) is 48.5 Å². The molecule has 1 saturated heterocycles. The maximum absolute atomic E-state index is 12.6. The third-order valence-electron chi connectivity index (χ3n) is 7.34. The fraction of sp³-hybridized carbons (Fsp3) is 0.909. The van der Waals surface area contributed by atoms with Crippen molar-refractivity contribution < 1.29 is 23.2 Å². The molecule has 0 amide bonds. The Morgan fingerprint density at radius 1 is 1.00 bits per heavy atom. The summed E-state index contributed by atoms with van der Waals surface area (Å²) in [5, 5.41) is 0.0612. The molecule has 0 bridgehead atoms. The summed E-state index contributed by atoms with van der Waals surface area (Å²) in [7, 11) is -4.15. The smallest absolute Gasteiger partial charge is 0.311 e. The molecule has 0 aromatic heterocycles. The Balaban J connectivity index is 3.02. The topological polar surface area (TPSA) is 61.8 Å². The number of hydrogen-bond donors (Lipinski definition) is 0. The summed E-state index contributed by atoms with van der Waals surface area (Å²) in [5.41, 5.74) is 0. The van der Waals surface area contributed by atoms with Crippen LogP contribution in [-0.4, -0.2) is 47.2 Å². The van der Waals surface area contributed by atoms with E-state index in [2.05, 4.69) is 74.7 Å². The van der Waals surface area contributed by atoms with Crippen LogP contribution in [-0.2, 0) is 23.2 Å². The molecule has 0 saturated carbocycles. The molecule has 5 nitrogen and oxygen atoms in total. The van der Waals surface area contributed by atoms with E-state index in [9.17, 15) is 9.59 Å². The summed E-state index contributed by atoms with van der Waals surface area (Å²) in [6, 6.07) is 0. The van der Waals surface area contributed by atoms with Gasteiger partial charge in [0.05, 0.1) is 12.0 Å². The molecule has 0 aliphatic carbocycles. The van der Waals surface area contributed by atoms with Gasteiger partial charge in [-0.2, -0.15) is 0 Å². The molecular weight excluding hydrogens is 400 g/mol. The molecule has 1 unspecified atom stereocenters. The van der Waals surface area contributed by atoms with Crippen LogP contribution in [0, 0.1) is 11.8 Å².